The lowest BCUT2D eigenvalue weighted by atomic mass is 9.90. The number of para-hydroxylation sites is 1. The Morgan fingerprint density at radius 2 is 1.95 bits per heavy atom. The molecule has 108 valence electrons. The van der Waals surface area contributed by atoms with E-state index in [2.05, 4.69) is 11.2 Å². The highest BCUT2D eigenvalue weighted by Crippen LogP contribution is 2.26. The quantitative estimate of drug-likeness (QED) is 0.774. The Labute approximate surface area is 121 Å². The van der Waals surface area contributed by atoms with Gasteiger partial charge in [-0.2, -0.15) is 0 Å². The Hall–Kier alpha value is -1.51. The number of oxime groups is 1. The van der Waals surface area contributed by atoms with Crippen LogP contribution in [0.15, 0.2) is 29.4 Å². The molecule has 1 saturated carbocycles. The molecule has 3 rings (SSSR count). The van der Waals surface area contributed by atoms with Gasteiger partial charge in [0.05, 0.1) is 12.3 Å². The maximum Gasteiger partial charge on any atom is 0.128 e. The summed E-state index contributed by atoms with van der Waals surface area (Å²) >= 11 is 0. The first kappa shape index (κ1) is 13.5. The van der Waals surface area contributed by atoms with Crippen LogP contribution in [0.25, 0.3) is 0 Å². The van der Waals surface area contributed by atoms with Crippen LogP contribution in [0.1, 0.15) is 50.5 Å². The number of nitrogens with zero attached hydrogens (tertiary/aromatic N) is 1. The maximum absolute atomic E-state index is 5.74. The Kier molecular flexibility index (Phi) is 4.57. The Morgan fingerprint density at radius 3 is 2.85 bits per heavy atom. The largest absolute Gasteiger partial charge is 0.493 e. The molecule has 20 heavy (non-hydrogen) atoms. The Morgan fingerprint density at radius 1 is 1.10 bits per heavy atom. The van der Waals surface area contributed by atoms with E-state index in [0.29, 0.717) is 5.92 Å². The molecule has 0 unspecified atom stereocenters. The first-order chi connectivity index (χ1) is 9.93. The van der Waals surface area contributed by atoms with Crippen LogP contribution >= 0.6 is 0 Å². The van der Waals surface area contributed by atoms with Crippen molar-refractivity contribution in [2.24, 2.45) is 11.1 Å². The lowest BCUT2D eigenvalue weighted by Gasteiger charge is -2.20. The van der Waals surface area contributed by atoms with Gasteiger partial charge in [-0.05, 0) is 43.7 Å². The van der Waals surface area contributed by atoms with E-state index in [9.17, 15) is 0 Å². The molecule has 1 fully saturated rings. The van der Waals surface area contributed by atoms with Crippen molar-refractivity contribution in [3.63, 3.8) is 0 Å². The van der Waals surface area contributed by atoms with Gasteiger partial charge in [0.2, 0.25) is 0 Å². The van der Waals surface area contributed by atoms with E-state index < -0.39 is 0 Å². The molecule has 0 spiro atoms. The van der Waals surface area contributed by atoms with Gasteiger partial charge in [0.15, 0.2) is 0 Å². The van der Waals surface area contributed by atoms with Crippen LogP contribution < -0.4 is 4.74 Å². The second-order valence-corrected chi connectivity index (χ2v) is 5.79. The molecule has 0 radical (unpaired) electrons. The summed E-state index contributed by atoms with van der Waals surface area (Å²) < 4.78 is 5.74. The summed E-state index contributed by atoms with van der Waals surface area (Å²) in [5.41, 5.74) is 2.13. The Bertz CT molecular complexity index is 464. The van der Waals surface area contributed by atoms with Gasteiger partial charge in [0.25, 0.3) is 0 Å². The van der Waals surface area contributed by atoms with Gasteiger partial charge in [-0.15, -0.1) is 0 Å². The smallest absolute Gasteiger partial charge is 0.128 e. The van der Waals surface area contributed by atoms with Crippen molar-refractivity contribution in [3.8, 4) is 5.75 Å². The summed E-state index contributed by atoms with van der Waals surface area (Å²) in [5, 5.41) is 4.42. The molecule has 3 nitrogen and oxygen atoms in total. The van der Waals surface area contributed by atoms with Crippen molar-refractivity contribution in [1.82, 2.24) is 0 Å². The SMILES string of the molecule is c1ccc2c(c1)OCCC/C2=N/OCC1CCCCC1. The third-order valence-electron chi connectivity index (χ3n) is 4.22. The van der Waals surface area contributed by atoms with Gasteiger partial charge in [0, 0.05) is 5.56 Å². The molecule has 0 N–H and O–H groups in total. The summed E-state index contributed by atoms with van der Waals surface area (Å²) in [7, 11) is 0. The van der Waals surface area contributed by atoms with Gasteiger partial charge in [-0.1, -0.05) is 36.6 Å². The second kappa shape index (κ2) is 6.78. The van der Waals surface area contributed by atoms with Crippen molar-refractivity contribution >= 4 is 5.71 Å². The lowest BCUT2D eigenvalue weighted by Crippen LogP contribution is -2.12. The molecule has 2 aliphatic rings. The molecular formula is C17H23NO2. The fraction of sp³-hybridized carbons (Fsp3) is 0.588. The summed E-state index contributed by atoms with van der Waals surface area (Å²) in [6, 6.07) is 8.12. The zero-order chi connectivity index (χ0) is 13.6. The van der Waals surface area contributed by atoms with Gasteiger partial charge in [0.1, 0.15) is 12.4 Å². The lowest BCUT2D eigenvalue weighted by molar-refractivity contribution is 0.0913. The molecular weight excluding hydrogens is 250 g/mol. The highest BCUT2D eigenvalue weighted by atomic mass is 16.6. The van der Waals surface area contributed by atoms with Crippen LogP contribution in [0, 0.1) is 5.92 Å². The Balaban J connectivity index is 1.64. The number of ether oxygens (including phenoxy) is 1. The average Bonchev–Trinajstić information content (AvgIpc) is 2.71. The maximum atomic E-state index is 5.74. The fourth-order valence-electron chi connectivity index (χ4n) is 3.06. The van der Waals surface area contributed by atoms with Crippen LogP contribution in [0.3, 0.4) is 0 Å². The molecule has 0 saturated heterocycles. The number of benzene rings is 1. The predicted octanol–water partition coefficient (Wildman–Crippen LogP) is 4.16. The minimum atomic E-state index is 0.699. The monoisotopic (exact) mass is 273 g/mol. The molecule has 0 amide bonds. The predicted molar refractivity (Wildman–Crippen MR) is 80.2 cm³/mol. The van der Waals surface area contributed by atoms with Gasteiger partial charge >= 0.3 is 0 Å². The van der Waals surface area contributed by atoms with Gasteiger partial charge < -0.3 is 9.57 Å². The number of hydrogen-bond donors (Lipinski definition) is 0. The third-order valence-corrected chi connectivity index (χ3v) is 4.22. The average molecular weight is 273 g/mol. The van der Waals surface area contributed by atoms with E-state index in [1.165, 1.54) is 32.1 Å². The standard InChI is InChI=1S/C17H23NO2/c1-2-7-14(8-3-1)13-20-18-16-10-6-12-19-17-11-5-4-9-15(16)17/h4-5,9,11,14H,1-3,6-8,10,12-13H2/b18-16-. The zero-order valence-electron chi connectivity index (χ0n) is 12.0. The molecule has 0 aromatic heterocycles. The normalized spacial score (nSPS) is 21.9. The van der Waals surface area contributed by atoms with Crippen LogP contribution in [-0.4, -0.2) is 18.9 Å². The van der Waals surface area contributed by atoms with Crippen LogP contribution in [-0.2, 0) is 4.84 Å². The third kappa shape index (κ3) is 3.33. The number of fused-ring (bicyclic) bond motifs is 1. The van der Waals surface area contributed by atoms with Crippen molar-refractivity contribution in [2.45, 2.75) is 44.9 Å². The van der Waals surface area contributed by atoms with Crippen LogP contribution in [0.4, 0.5) is 0 Å². The van der Waals surface area contributed by atoms with Crippen LogP contribution in [0.5, 0.6) is 5.75 Å². The van der Waals surface area contributed by atoms with Crippen molar-refractivity contribution in [3.05, 3.63) is 29.8 Å². The fourth-order valence-corrected chi connectivity index (χ4v) is 3.06. The second-order valence-electron chi connectivity index (χ2n) is 5.79. The van der Waals surface area contributed by atoms with E-state index in [1.807, 2.05) is 18.2 Å². The van der Waals surface area contributed by atoms with Gasteiger partial charge in [-0.25, -0.2) is 0 Å². The van der Waals surface area contributed by atoms with Crippen molar-refractivity contribution in [1.29, 1.82) is 0 Å². The zero-order valence-corrected chi connectivity index (χ0v) is 12.0. The molecule has 3 heteroatoms. The first-order valence-corrected chi connectivity index (χ1v) is 7.84. The molecule has 1 aromatic rings. The van der Waals surface area contributed by atoms with E-state index in [4.69, 9.17) is 9.57 Å². The number of hydrogen-bond acceptors (Lipinski definition) is 3. The summed E-state index contributed by atoms with van der Waals surface area (Å²) in [4.78, 5) is 5.66. The minimum Gasteiger partial charge on any atom is -0.493 e. The molecule has 0 bridgehead atoms. The molecule has 1 heterocycles. The summed E-state index contributed by atoms with van der Waals surface area (Å²) in [6.45, 7) is 1.53. The van der Waals surface area contributed by atoms with E-state index in [0.717, 1.165) is 43.1 Å². The molecule has 1 aliphatic heterocycles. The van der Waals surface area contributed by atoms with Crippen molar-refractivity contribution < 1.29 is 9.57 Å². The van der Waals surface area contributed by atoms with E-state index >= 15 is 0 Å². The summed E-state index contributed by atoms with van der Waals surface area (Å²) in [5.74, 6) is 1.63. The van der Waals surface area contributed by atoms with E-state index in [1.54, 1.807) is 0 Å². The minimum absolute atomic E-state index is 0.699. The topological polar surface area (TPSA) is 30.8 Å². The number of rotatable bonds is 3. The van der Waals surface area contributed by atoms with Crippen LogP contribution in [0.2, 0.25) is 0 Å². The molecule has 0 atom stereocenters. The van der Waals surface area contributed by atoms with Gasteiger partial charge in [-0.3, -0.25) is 0 Å². The molecule has 1 aliphatic carbocycles. The highest BCUT2D eigenvalue weighted by Gasteiger charge is 2.16. The summed E-state index contributed by atoms with van der Waals surface area (Å²) in [6.07, 6.45) is 8.61. The van der Waals surface area contributed by atoms with Crippen molar-refractivity contribution in [2.75, 3.05) is 13.2 Å². The first-order valence-electron chi connectivity index (χ1n) is 7.84. The molecule has 1 aromatic carbocycles. The highest BCUT2D eigenvalue weighted by molar-refractivity contribution is 6.02. The van der Waals surface area contributed by atoms with E-state index in [-0.39, 0.29) is 0 Å².